The molecule has 2 aliphatic heterocycles. The molecule has 0 radical (unpaired) electrons. The van der Waals surface area contributed by atoms with Crippen molar-refractivity contribution in [1.29, 1.82) is 0 Å². The van der Waals surface area contributed by atoms with E-state index >= 15 is 0 Å². The molecule has 1 aromatic carbocycles. The van der Waals surface area contributed by atoms with Crippen LogP contribution in [0.1, 0.15) is 36.8 Å². The number of halogens is 1. The Morgan fingerprint density at radius 2 is 2.04 bits per heavy atom. The highest BCUT2D eigenvalue weighted by Crippen LogP contribution is 2.21. The molecule has 0 spiro atoms. The van der Waals surface area contributed by atoms with Crippen molar-refractivity contribution in [3.63, 3.8) is 0 Å². The van der Waals surface area contributed by atoms with Crippen LogP contribution in [0, 0.1) is 12.7 Å². The molecule has 2 N–H and O–H groups in total. The van der Waals surface area contributed by atoms with E-state index in [2.05, 4.69) is 10.2 Å². The Balaban J connectivity index is 1.44. The second-order valence-corrected chi connectivity index (χ2v) is 7.25. The monoisotopic (exact) mass is 349 g/mol. The van der Waals surface area contributed by atoms with Crippen LogP contribution < -0.4 is 5.32 Å². The van der Waals surface area contributed by atoms with Gasteiger partial charge in [0.25, 0.3) is 0 Å². The number of aliphatic hydroxyl groups excluding tert-OH is 1. The van der Waals surface area contributed by atoms with Crippen LogP contribution >= 0.6 is 0 Å². The van der Waals surface area contributed by atoms with Crippen LogP contribution in [0.5, 0.6) is 0 Å². The summed E-state index contributed by atoms with van der Waals surface area (Å²) in [6, 6.07) is 5.33. The van der Waals surface area contributed by atoms with Gasteiger partial charge in [0.2, 0.25) is 0 Å². The maximum absolute atomic E-state index is 13.3. The highest BCUT2D eigenvalue weighted by molar-refractivity contribution is 5.74. The van der Waals surface area contributed by atoms with Gasteiger partial charge in [0.15, 0.2) is 0 Å². The van der Waals surface area contributed by atoms with Crippen molar-refractivity contribution in [2.24, 2.45) is 0 Å². The number of aryl methyl sites for hydroxylation is 1. The molecular weight excluding hydrogens is 321 g/mol. The summed E-state index contributed by atoms with van der Waals surface area (Å²) < 4.78 is 13.3. The van der Waals surface area contributed by atoms with Crippen molar-refractivity contribution in [2.75, 3.05) is 26.2 Å². The van der Waals surface area contributed by atoms with Gasteiger partial charge in [-0.05, 0) is 56.3 Å². The number of urea groups is 1. The predicted molar refractivity (Wildman–Crippen MR) is 94.8 cm³/mol. The molecule has 2 aliphatic rings. The zero-order chi connectivity index (χ0) is 17.8. The summed E-state index contributed by atoms with van der Waals surface area (Å²) in [5.41, 5.74) is 1.50. The Morgan fingerprint density at radius 1 is 1.28 bits per heavy atom. The van der Waals surface area contributed by atoms with Gasteiger partial charge in [-0.25, -0.2) is 9.18 Å². The van der Waals surface area contributed by atoms with Crippen molar-refractivity contribution >= 4 is 6.03 Å². The van der Waals surface area contributed by atoms with Gasteiger partial charge in [0.1, 0.15) is 5.82 Å². The Bertz CT molecular complexity index is 602. The lowest BCUT2D eigenvalue weighted by atomic mass is 9.99. The van der Waals surface area contributed by atoms with Crippen LogP contribution in [0.4, 0.5) is 9.18 Å². The molecule has 2 saturated heterocycles. The van der Waals surface area contributed by atoms with E-state index in [-0.39, 0.29) is 18.0 Å². The van der Waals surface area contributed by atoms with Crippen molar-refractivity contribution in [3.05, 3.63) is 35.1 Å². The van der Waals surface area contributed by atoms with Crippen LogP contribution in [-0.4, -0.2) is 59.3 Å². The minimum atomic E-state index is -0.222. The van der Waals surface area contributed by atoms with E-state index in [0.29, 0.717) is 18.2 Å². The van der Waals surface area contributed by atoms with Gasteiger partial charge in [-0.1, -0.05) is 12.1 Å². The molecule has 2 heterocycles. The number of rotatable bonds is 3. The molecule has 2 fully saturated rings. The molecule has 0 saturated carbocycles. The fourth-order valence-electron chi connectivity index (χ4n) is 3.86. The number of carbonyl (C=O) groups is 1. The lowest BCUT2D eigenvalue weighted by Gasteiger charge is -2.41. The molecule has 1 aromatic rings. The molecule has 0 aliphatic carbocycles. The maximum Gasteiger partial charge on any atom is 0.317 e. The first-order valence-electron chi connectivity index (χ1n) is 9.23. The third kappa shape index (κ3) is 4.70. The first-order chi connectivity index (χ1) is 12.0. The standard InChI is InChI=1S/C19H28FN3O2/c1-14-11-15(4-5-18(14)20)12-21-19(25)22-9-6-16(7-10-22)23-8-2-3-17(24)13-23/h4-5,11,16-17,24H,2-3,6-10,12-13H2,1H3,(H,21,25)/t17-/m1/s1. The number of carbonyl (C=O) groups excluding carboxylic acids is 1. The average Bonchev–Trinajstić information content (AvgIpc) is 2.62. The van der Waals surface area contributed by atoms with E-state index in [1.165, 1.54) is 6.07 Å². The van der Waals surface area contributed by atoms with E-state index in [1.807, 2.05) is 4.90 Å². The topological polar surface area (TPSA) is 55.8 Å². The molecule has 5 nitrogen and oxygen atoms in total. The second kappa shape index (κ2) is 8.15. The molecule has 0 bridgehead atoms. The minimum Gasteiger partial charge on any atom is -0.392 e. The van der Waals surface area contributed by atoms with Crippen LogP contribution in [0.25, 0.3) is 0 Å². The summed E-state index contributed by atoms with van der Waals surface area (Å²) in [5.74, 6) is -0.222. The molecule has 25 heavy (non-hydrogen) atoms. The summed E-state index contributed by atoms with van der Waals surface area (Å²) in [6.07, 6.45) is 3.67. The molecule has 138 valence electrons. The zero-order valence-electron chi connectivity index (χ0n) is 14.9. The summed E-state index contributed by atoms with van der Waals surface area (Å²) in [7, 11) is 0. The quantitative estimate of drug-likeness (QED) is 0.880. The number of amides is 2. The SMILES string of the molecule is Cc1cc(CNC(=O)N2CCC(N3CCC[C@@H](O)C3)CC2)ccc1F. The van der Waals surface area contributed by atoms with E-state index in [0.717, 1.165) is 57.4 Å². The number of aliphatic hydroxyl groups is 1. The number of nitrogens with one attached hydrogen (secondary N) is 1. The Kier molecular flexibility index (Phi) is 5.91. The molecular formula is C19H28FN3O2. The van der Waals surface area contributed by atoms with E-state index in [1.54, 1.807) is 19.1 Å². The Morgan fingerprint density at radius 3 is 2.72 bits per heavy atom. The number of hydrogen-bond donors (Lipinski definition) is 2. The van der Waals surface area contributed by atoms with E-state index < -0.39 is 0 Å². The summed E-state index contributed by atoms with van der Waals surface area (Å²) in [5, 5.41) is 12.8. The molecule has 2 amide bonds. The summed E-state index contributed by atoms with van der Waals surface area (Å²) in [4.78, 5) is 16.6. The summed E-state index contributed by atoms with van der Waals surface area (Å²) in [6.45, 7) is 5.44. The smallest absolute Gasteiger partial charge is 0.317 e. The van der Waals surface area contributed by atoms with Gasteiger partial charge in [0, 0.05) is 32.2 Å². The average molecular weight is 349 g/mol. The van der Waals surface area contributed by atoms with Crippen LogP contribution in [0.3, 0.4) is 0 Å². The molecule has 6 heteroatoms. The lowest BCUT2D eigenvalue weighted by Crippen LogP contribution is -2.52. The van der Waals surface area contributed by atoms with Crippen LogP contribution in [-0.2, 0) is 6.54 Å². The maximum atomic E-state index is 13.3. The number of β-amino-alcohol motifs (C(OH)–C–C–N with tert-alkyl or cyclic N) is 1. The van der Waals surface area contributed by atoms with Crippen molar-refractivity contribution in [1.82, 2.24) is 15.1 Å². The van der Waals surface area contributed by atoms with Gasteiger partial charge in [0.05, 0.1) is 6.10 Å². The summed E-state index contributed by atoms with van der Waals surface area (Å²) >= 11 is 0. The normalized spacial score (nSPS) is 22.8. The third-order valence-electron chi connectivity index (χ3n) is 5.36. The van der Waals surface area contributed by atoms with Gasteiger partial charge in [-0.2, -0.15) is 0 Å². The highest BCUT2D eigenvalue weighted by Gasteiger charge is 2.29. The third-order valence-corrected chi connectivity index (χ3v) is 5.36. The molecule has 0 unspecified atom stereocenters. The molecule has 0 aromatic heterocycles. The number of benzene rings is 1. The van der Waals surface area contributed by atoms with Crippen molar-refractivity contribution < 1.29 is 14.3 Å². The number of likely N-dealkylation sites (tertiary alicyclic amines) is 2. The van der Waals surface area contributed by atoms with Crippen LogP contribution in [0.15, 0.2) is 18.2 Å². The van der Waals surface area contributed by atoms with Crippen molar-refractivity contribution in [2.45, 2.75) is 51.3 Å². The Hall–Kier alpha value is -1.66. The number of hydrogen-bond acceptors (Lipinski definition) is 3. The van der Waals surface area contributed by atoms with Crippen molar-refractivity contribution in [3.8, 4) is 0 Å². The Labute approximate surface area is 148 Å². The molecule has 3 rings (SSSR count). The van der Waals surface area contributed by atoms with E-state index in [4.69, 9.17) is 0 Å². The first-order valence-corrected chi connectivity index (χ1v) is 9.23. The second-order valence-electron chi connectivity index (χ2n) is 7.25. The van der Waals surface area contributed by atoms with Gasteiger partial charge < -0.3 is 15.3 Å². The van der Waals surface area contributed by atoms with Gasteiger partial charge >= 0.3 is 6.03 Å². The first kappa shape index (κ1) is 18.1. The van der Waals surface area contributed by atoms with Gasteiger partial charge in [-0.15, -0.1) is 0 Å². The molecule has 1 atom stereocenters. The van der Waals surface area contributed by atoms with E-state index in [9.17, 15) is 14.3 Å². The minimum absolute atomic E-state index is 0.0564. The fraction of sp³-hybridized carbons (Fsp3) is 0.632. The predicted octanol–water partition coefficient (Wildman–Crippen LogP) is 2.26. The zero-order valence-corrected chi connectivity index (χ0v) is 14.9. The number of piperidine rings is 2. The fourth-order valence-corrected chi connectivity index (χ4v) is 3.86. The largest absolute Gasteiger partial charge is 0.392 e. The van der Waals surface area contributed by atoms with Gasteiger partial charge in [-0.3, -0.25) is 4.90 Å². The van der Waals surface area contributed by atoms with Crippen LogP contribution in [0.2, 0.25) is 0 Å². The number of nitrogens with zero attached hydrogens (tertiary/aromatic N) is 2. The highest BCUT2D eigenvalue weighted by atomic mass is 19.1. The lowest BCUT2D eigenvalue weighted by molar-refractivity contribution is 0.0291.